The molecule has 1 saturated heterocycles. The molecule has 21 heavy (non-hydrogen) atoms. The van der Waals surface area contributed by atoms with Crippen LogP contribution in [0.2, 0.25) is 0 Å². The van der Waals surface area contributed by atoms with Crippen molar-refractivity contribution in [3.05, 3.63) is 18.2 Å². The number of likely N-dealkylation sites (tertiary alicyclic amines) is 1. The van der Waals surface area contributed by atoms with Crippen LogP contribution in [0.5, 0.6) is 17.2 Å². The van der Waals surface area contributed by atoms with E-state index in [1.54, 1.807) is 14.2 Å². The minimum Gasteiger partial charge on any atom is -0.496 e. The van der Waals surface area contributed by atoms with Crippen LogP contribution >= 0.6 is 0 Å². The highest BCUT2D eigenvalue weighted by atomic mass is 16.5. The molecule has 0 saturated carbocycles. The molecule has 1 aromatic rings. The normalized spacial score (nSPS) is 16.2. The Bertz CT molecular complexity index is 469. The Balaban J connectivity index is 1.80. The summed E-state index contributed by atoms with van der Waals surface area (Å²) in [6.07, 6.45) is 1.92. The summed E-state index contributed by atoms with van der Waals surface area (Å²) < 4.78 is 16.2. The topological polar surface area (TPSA) is 54.7 Å². The van der Waals surface area contributed by atoms with Crippen LogP contribution in [0, 0.1) is 17.2 Å². The van der Waals surface area contributed by atoms with E-state index in [1.807, 2.05) is 18.2 Å². The van der Waals surface area contributed by atoms with Crippen molar-refractivity contribution in [2.45, 2.75) is 12.8 Å². The van der Waals surface area contributed by atoms with E-state index in [4.69, 9.17) is 19.5 Å². The minimum atomic E-state index is 0.227. The van der Waals surface area contributed by atoms with E-state index >= 15 is 0 Å². The van der Waals surface area contributed by atoms with Gasteiger partial charge in [-0.25, -0.2) is 0 Å². The summed E-state index contributed by atoms with van der Waals surface area (Å²) in [5.41, 5.74) is 0. The van der Waals surface area contributed by atoms with Crippen molar-refractivity contribution in [1.82, 2.24) is 4.90 Å². The number of benzene rings is 1. The largest absolute Gasteiger partial charge is 0.496 e. The second-order valence-electron chi connectivity index (χ2n) is 5.14. The van der Waals surface area contributed by atoms with Crippen LogP contribution in [-0.4, -0.2) is 45.4 Å². The van der Waals surface area contributed by atoms with Crippen molar-refractivity contribution in [2.75, 3.05) is 40.5 Å². The van der Waals surface area contributed by atoms with Crippen LogP contribution in [-0.2, 0) is 0 Å². The van der Waals surface area contributed by atoms with Gasteiger partial charge in [0, 0.05) is 30.7 Å². The Morgan fingerprint density at radius 3 is 2.19 bits per heavy atom. The van der Waals surface area contributed by atoms with Crippen molar-refractivity contribution in [3.8, 4) is 23.3 Å². The summed E-state index contributed by atoms with van der Waals surface area (Å²) >= 11 is 0. The Kier molecular flexibility index (Phi) is 5.70. The van der Waals surface area contributed by atoms with Gasteiger partial charge in [0.2, 0.25) is 0 Å². The van der Waals surface area contributed by atoms with Gasteiger partial charge in [0.1, 0.15) is 23.9 Å². The number of methoxy groups -OCH3 is 2. The van der Waals surface area contributed by atoms with Gasteiger partial charge in [0.25, 0.3) is 0 Å². The van der Waals surface area contributed by atoms with Crippen molar-refractivity contribution in [1.29, 1.82) is 5.26 Å². The van der Waals surface area contributed by atoms with Gasteiger partial charge in [-0.3, -0.25) is 4.90 Å². The van der Waals surface area contributed by atoms with Gasteiger partial charge in [-0.15, -0.1) is 0 Å². The first kappa shape index (κ1) is 15.5. The highest BCUT2D eigenvalue weighted by molar-refractivity contribution is 5.41. The van der Waals surface area contributed by atoms with Gasteiger partial charge in [0.15, 0.2) is 0 Å². The zero-order valence-electron chi connectivity index (χ0n) is 12.7. The van der Waals surface area contributed by atoms with E-state index in [-0.39, 0.29) is 5.92 Å². The smallest absolute Gasteiger partial charge is 0.126 e. The molecule has 1 aliphatic heterocycles. The van der Waals surface area contributed by atoms with Gasteiger partial charge in [0.05, 0.1) is 20.3 Å². The van der Waals surface area contributed by atoms with Crippen LogP contribution in [0.25, 0.3) is 0 Å². The summed E-state index contributed by atoms with van der Waals surface area (Å²) in [7, 11) is 3.25. The molecule has 0 atom stereocenters. The molecule has 0 radical (unpaired) electrons. The highest BCUT2D eigenvalue weighted by Gasteiger charge is 2.18. The molecule has 0 N–H and O–H groups in total. The van der Waals surface area contributed by atoms with Crippen LogP contribution in [0.3, 0.4) is 0 Å². The lowest BCUT2D eigenvalue weighted by Gasteiger charge is -2.28. The number of piperidine rings is 1. The molecule has 0 unspecified atom stereocenters. The zero-order chi connectivity index (χ0) is 15.1. The first-order valence-electron chi connectivity index (χ1n) is 7.23. The van der Waals surface area contributed by atoms with Crippen LogP contribution < -0.4 is 14.2 Å². The number of hydrogen-bond acceptors (Lipinski definition) is 5. The van der Waals surface area contributed by atoms with Crippen molar-refractivity contribution in [3.63, 3.8) is 0 Å². The maximum absolute atomic E-state index is 8.88. The van der Waals surface area contributed by atoms with E-state index in [0.29, 0.717) is 6.61 Å². The quantitative estimate of drug-likeness (QED) is 0.804. The van der Waals surface area contributed by atoms with Crippen LogP contribution in [0.4, 0.5) is 0 Å². The van der Waals surface area contributed by atoms with Gasteiger partial charge in [-0.05, 0) is 25.9 Å². The van der Waals surface area contributed by atoms with E-state index in [1.165, 1.54) is 0 Å². The third kappa shape index (κ3) is 4.54. The molecule has 0 aromatic heterocycles. The van der Waals surface area contributed by atoms with Crippen LogP contribution in [0.1, 0.15) is 12.8 Å². The molecular weight excluding hydrogens is 268 g/mol. The summed E-state index contributed by atoms with van der Waals surface area (Å²) in [5, 5.41) is 8.88. The first-order chi connectivity index (χ1) is 10.2. The molecule has 5 nitrogen and oxygen atoms in total. The van der Waals surface area contributed by atoms with Gasteiger partial charge < -0.3 is 14.2 Å². The molecule has 0 spiro atoms. The monoisotopic (exact) mass is 290 g/mol. The lowest BCUT2D eigenvalue weighted by molar-refractivity contribution is 0.168. The number of ether oxygens (including phenoxy) is 3. The summed E-state index contributed by atoms with van der Waals surface area (Å²) in [5.74, 6) is 2.42. The molecule has 1 fully saturated rings. The molecule has 5 heteroatoms. The maximum Gasteiger partial charge on any atom is 0.126 e. The lowest BCUT2D eigenvalue weighted by Crippen LogP contribution is -2.36. The minimum absolute atomic E-state index is 0.227. The SMILES string of the molecule is COc1cc(OC)cc(OCCN2CCC(C#N)CC2)c1. The molecule has 1 aromatic carbocycles. The Morgan fingerprint density at radius 1 is 1.10 bits per heavy atom. The third-order valence-electron chi connectivity index (χ3n) is 3.77. The number of rotatable bonds is 6. The third-order valence-corrected chi connectivity index (χ3v) is 3.77. The standard InChI is InChI=1S/C16H22N2O3/c1-19-14-9-15(20-2)11-16(10-14)21-8-7-18-5-3-13(12-17)4-6-18/h9-11,13H,3-8H2,1-2H3. The summed E-state index contributed by atoms with van der Waals surface area (Å²) in [6.45, 7) is 3.44. The average molecular weight is 290 g/mol. The van der Waals surface area contributed by atoms with Gasteiger partial charge in [-0.2, -0.15) is 5.26 Å². The zero-order valence-corrected chi connectivity index (χ0v) is 12.7. The lowest BCUT2D eigenvalue weighted by atomic mass is 9.99. The second kappa shape index (κ2) is 7.75. The molecule has 2 rings (SSSR count). The highest BCUT2D eigenvalue weighted by Crippen LogP contribution is 2.27. The average Bonchev–Trinajstić information content (AvgIpc) is 2.55. The van der Waals surface area contributed by atoms with Crippen molar-refractivity contribution >= 4 is 0 Å². The summed E-state index contributed by atoms with van der Waals surface area (Å²) in [6, 6.07) is 7.87. The van der Waals surface area contributed by atoms with Crippen molar-refractivity contribution < 1.29 is 14.2 Å². The van der Waals surface area contributed by atoms with Crippen LogP contribution in [0.15, 0.2) is 18.2 Å². The number of hydrogen-bond donors (Lipinski definition) is 0. The fourth-order valence-electron chi connectivity index (χ4n) is 2.44. The predicted octanol–water partition coefficient (Wildman–Crippen LogP) is 2.32. The fourth-order valence-corrected chi connectivity index (χ4v) is 2.44. The molecule has 0 amide bonds. The van der Waals surface area contributed by atoms with E-state index in [9.17, 15) is 0 Å². The first-order valence-corrected chi connectivity index (χ1v) is 7.23. The Labute approximate surface area is 126 Å². The molecule has 0 aliphatic carbocycles. The van der Waals surface area contributed by atoms with Gasteiger partial charge >= 0.3 is 0 Å². The van der Waals surface area contributed by atoms with Gasteiger partial charge in [-0.1, -0.05) is 0 Å². The van der Waals surface area contributed by atoms with E-state index < -0.39 is 0 Å². The Morgan fingerprint density at radius 2 is 1.67 bits per heavy atom. The molecule has 114 valence electrons. The van der Waals surface area contributed by atoms with E-state index in [0.717, 1.165) is 49.7 Å². The maximum atomic E-state index is 8.88. The summed E-state index contributed by atoms with van der Waals surface area (Å²) in [4.78, 5) is 2.34. The van der Waals surface area contributed by atoms with E-state index in [2.05, 4.69) is 11.0 Å². The molecular formula is C16H22N2O3. The fraction of sp³-hybridized carbons (Fsp3) is 0.562. The predicted molar refractivity (Wildman–Crippen MR) is 79.8 cm³/mol. The number of nitrogens with zero attached hydrogens (tertiary/aromatic N) is 2. The number of nitriles is 1. The molecule has 1 heterocycles. The Hall–Kier alpha value is -1.93. The second-order valence-corrected chi connectivity index (χ2v) is 5.14. The molecule has 0 bridgehead atoms. The van der Waals surface area contributed by atoms with Crippen molar-refractivity contribution in [2.24, 2.45) is 5.92 Å². The molecule has 1 aliphatic rings.